The molecule has 2 rings (SSSR count). The first-order chi connectivity index (χ1) is 8.97. The van der Waals surface area contributed by atoms with Crippen molar-refractivity contribution in [3.63, 3.8) is 0 Å². The van der Waals surface area contributed by atoms with Gasteiger partial charge in [0.05, 0.1) is 10.0 Å². The van der Waals surface area contributed by atoms with Crippen LogP contribution < -0.4 is 0 Å². The molecular weight excluding hydrogens is 357 g/mol. The predicted octanol–water partition coefficient (Wildman–Crippen LogP) is 5.95. The molecule has 0 aliphatic heterocycles. The number of halogens is 5. The number of benzene rings is 2. The van der Waals surface area contributed by atoms with Crippen LogP contribution in [0.4, 0.5) is 8.78 Å². The zero-order valence-electron chi connectivity index (χ0n) is 9.64. The molecule has 0 bridgehead atoms. The van der Waals surface area contributed by atoms with Crippen LogP contribution in [0.3, 0.4) is 0 Å². The molecular formula is C14H9BrCl2F2. The number of hydrogen-bond acceptors (Lipinski definition) is 0. The topological polar surface area (TPSA) is 0 Å². The Hall–Kier alpha value is -0.640. The van der Waals surface area contributed by atoms with E-state index in [1.54, 1.807) is 12.1 Å². The lowest BCUT2D eigenvalue weighted by Crippen LogP contribution is -1.99. The van der Waals surface area contributed by atoms with Gasteiger partial charge in [0.15, 0.2) is 0 Å². The summed E-state index contributed by atoms with van der Waals surface area (Å²) >= 11 is 15.2. The number of hydrogen-bond donors (Lipinski definition) is 0. The molecule has 0 saturated heterocycles. The van der Waals surface area contributed by atoms with E-state index in [-0.39, 0.29) is 4.83 Å². The second-order valence-electron chi connectivity index (χ2n) is 4.09. The summed E-state index contributed by atoms with van der Waals surface area (Å²) in [5, 5.41) is 0.933. The smallest absolute Gasteiger partial charge is 0.130 e. The highest BCUT2D eigenvalue weighted by Gasteiger charge is 2.14. The van der Waals surface area contributed by atoms with Gasteiger partial charge in [-0.05, 0) is 30.2 Å². The molecule has 1 atom stereocenters. The molecule has 19 heavy (non-hydrogen) atoms. The Bertz CT molecular complexity index is 602. The summed E-state index contributed by atoms with van der Waals surface area (Å²) < 4.78 is 26.5. The average molecular weight is 366 g/mol. The lowest BCUT2D eigenvalue weighted by molar-refractivity contribution is 0.571. The highest BCUT2D eigenvalue weighted by Crippen LogP contribution is 2.31. The van der Waals surface area contributed by atoms with E-state index in [0.29, 0.717) is 22.0 Å². The number of alkyl halides is 1. The third-order valence-electron chi connectivity index (χ3n) is 2.70. The summed E-state index contributed by atoms with van der Waals surface area (Å²) in [6.07, 6.45) is 0.527. The molecule has 0 amide bonds. The van der Waals surface area contributed by atoms with Gasteiger partial charge in [-0.2, -0.15) is 0 Å². The SMILES string of the molecule is Fc1ccc(C(Br)Cc2ccc(Cl)c(Cl)c2)c(F)c1. The van der Waals surface area contributed by atoms with Crippen molar-refractivity contribution in [2.75, 3.05) is 0 Å². The van der Waals surface area contributed by atoms with Crippen LogP contribution >= 0.6 is 39.1 Å². The maximum Gasteiger partial charge on any atom is 0.130 e. The van der Waals surface area contributed by atoms with Gasteiger partial charge in [0.25, 0.3) is 0 Å². The second kappa shape index (κ2) is 6.21. The third kappa shape index (κ3) is 3.68. The zero-order chi connectivity index (χ0) is 14.0. The Balaban J connectivity index is 2.20. The fourth-order valence-electron chi connectivity index (χ4n) is 1.74. The molecule has 5 heteroatoms. The van der Waals surface area contributed by atoms with Crippen molar-refractivity contribution in [2.24, 2.45) is 0 Å². The van der Waals surface area contributed by atoms with E-state index in [2.05, 4.69) is 15.9 Å². The number of rotatable bonds is 3. The lowest BCUT2D eigenvalue weighted by Gasteiger charge is -2.12. The van der Waals surface area contributed by atoms with Crippen molar-refractivity contribution in [3.8, 4) is 0 Å². The molecule has 2 aromatic rings. The minimum atomic E-state index is -0.588. The fraction of sp³-hybridized carbons (Fsp3) is 0.143. The van der Waals surface area contributed by atoms with Gasteiger partial charge in [0.1, 0.15) is 11.6 Å². The Morgan fingerprint density at radius 1 is 1.00 bits per heavy atom. The molecule has 0 aliphatic carbocycles. The van der Waals surface area contributed by atoms with E-state index in [0.717, 1.165) is 11.6 Å². The van der Waals surface area contributed by atoms with E-state index in [4.69, 9.17) is 23.2 Å². The second-order valence-corrected chi connectivity index (χ2v) is 6.01. The Labute approximate surface area is 128 Å². The molecule has 0 radical (unpaired) electrons. The monoisotopic (exact) mass is 364 g/mol. The maximum atomic E-state index is 13.6. The van der Waals surface area contributed by atoms with Crippen molar-refractivity contribution >= 4 is 39.1 Å². The standard InChI is InChI=1S/C14H9BrCl2F2/c15-11(10-3-2-9(18)7-14(10)19)5-8-1-4-12(16)13(17)6-8/h1-4,6-7,11H,5H2. The van der Waals surface area contributed by atoms with Crippen molar-refractivity contribution in [2.45, 2.75) is 11.2 Å². The van der Waals surface area contributed by atoms with Gasteiger partial charge in [-0.15, -0.1) is 0 Å². The molecule has 0 spiro atoms. The highest BCUT2D eigenvalue weighted by molar-refractivity contribution is 9.09. The molecule has 1 unspecified atom stereocenters. The Morgan fingerprint density at radius 3 is 2.37 bits per heavy atom. The van der Waals surface area contributed by atoms with E-state index in [1.165, 1.54) is 12.1 Å². The fourth-order valence-corrected chi connectivity index (χ4v) is 2.80. The molecule has 0 N–H and O–H groups in total. The molecule has 0 saturated carbocycles. The largest absolute Gasteiger partial charge is 0.207 e. The van der Waals surface area contributed by atoms with Gasteiger partial charge in [-0.3, -0.25) is 0 Å². The van der Waals surface area contributed by atoms with Crippen LogP contribution in [0.1, 0.15) is 16.0 Å². The third-order valence-corrected chi connectivity index (χ3v) is 4.25. The van der Waals surface area contributed by atoms with Crippen molar-refractivity contribution < 1.29 is 8.78 Å². The average Bonchev–Trinajstić information content (AvgIpc) is 2.33. The summed E-state index contributed by atoms with van der Waals surface area (Å²) in [4.78, 5) is -0.259. The molecule has 0 aromatic heterocycles. The minimum absolute atomic E-state index is 0.259. The Kier molecular flexibility index (Phi) is 4.82. The van der Waals surface area contributed by atoms with Crippen LogP contribution in [0, 0.1) is 11.6 Å². The summed E-state index contributed by atoms with van der Waals surface area (Å²) in [6, 6.07) is 8.80. The minimum Gasteiger partial charge on any atom is -0.207 e. The highest BCUT2D eigenvalue weighted by atomic mass is 79.9. The van der Waals surface area contributed by atoms with E-state index >= 15 is 0 Å². The van der Waals surface area contributed by atoms with Gasteiger partial charge >= 0.3 is 0 Å². The van der Waals surface area contributed by atoms with Crippen LogP contribution in [0.15, 0.2) is 36.4 Å². The van der Waals surface area contributed by atoms with Crippen LogP contribution in [-0.2, 0) is 6.42 Å². The van der Waals surface area contributed by atoms with Gasteiger partial charge in [-0.1, -0.05) is 51.3 Å². The first-order valence-electron chi connectivity index (χ1n) is 5.50. The molecule has 0 nitrogen and oxygen atoms in total. The van der Waals surface area contributed by atoms with Gasteiger partial charge in [0.2, 0.25) is 0 Å². The summed E-state index contributed by atoms with van der Waals surface area (Å²) in [6.45, 7) is 0. The van der Waals surface area contributed by atoms with Crippen molar-refractivity contribution in [1.82, 2.24) is 0 Å². The quantitative estimate of drug-likeness (QED) is 0.589. The van der Waals surface area contributed by atoms with Gasteiger partial charge in [-0.25, -0.2) is 8.78 Å². The van der Waals surface area contributed by atoms with E-state index in [9.17, 15) is 8.78 Å². The zero-order valence-corrected chi connectivity index (χ0v) is 12.7. The van der Waals surface area contributed by atoms with Gasteiger partial charge in [0, 0.05) is 16.5 Å². The molecule has 0 fully saturated rings. The predicted molar refractivity (Wildman–Crippen MR) is 78.2 cm³/mol. The van der Waals surface area contributed by atoms with Crippen molar-refractivity contribution in [1.29, 1.82) is 0 Å². The first kappa shape index (κ1) is 14.8. The molecule has 2 aromatic carbocycles. The Morgan fingerprint density at radius 2 is 1.74 bits per heavy atom. The summed E-state index contributed by atoms with van der Waals surface area (Å²) in [7, 11) is 0. The molecule has 0 aliphatic rings. The van der Waals surface area contributed by atoms with E-state index in [1.807, 2.05) is 6.07 Å². The first-order valence-corrected chi connectivity index (χ1v) is 7.17. The molecule has 100 valence electrons. The van der Waals surface area contributed by atoms with Crippen LogP contribution in [0.5, 0.6) is 0 Å². The van der Waals surface area contributed by atoms with Crippen molar-refractivity contribution in [3.05, 3.63) is 69.2 Å². The normalized spacial score (nSPS) is 12.5. The molecule has 0 heterocycles. The van der Waals surface area contributed by atoms with Crippen LogP contribution in [0.2, 0.25) is 10.0 Å². The van der Waals surface area contributed by atoms with Crippen LogP contribution in [-0.4, -0.2) is 0 Å². The lowest BCUT2D eigenvalue weighted by atomic mass is 10.0. The van der Waals surface area contributed by atoms with Crippen LogP contribution in [0.25, 0.3) is 0 Å². The maximum absolute atomic E-state index is 13.6. The van der Waals surface area contributed by atoms with E-state index < -0.39 is 11.6 Å². The summed E-state index contributed by atoms with van der Waals surface area (Å²) in [5.41, 5.74) is 1.33. The van der Waals surface area contributed by atoms with Gasteiger partial charge < -0.3 is 0 Å². The summed E-state index contributed by atoms with van der Waals surface area (Å²) in [5.74, 6) is -1.16.